The zero-order chi connectivity index (χ0) is 8.32. The van der Waals surface area contributed by atoms with E-state index in [0.29, 0.717) is 6.42 Å². The van der Waals surface area contributed by atoms with Gasteiger partial charge in [0, 0.05) is 6.42 Å². The van der Waals surface area contributed by atoms with Crippen LogP contribution in [0.25, 0.3) is 0 Å². The monoisotopic (exact) mass is 155 g/mol. The third-order valence-electron chi connectivity index (χ3n) is 1.50. The summed E-state index contributed by atoms with van der Waals surface area (Å²) in [6.07, 6.45) is 2.33. The Balaban J connectivity index is 2.56. The number of nitrogens with two attached hydrogens (primary N) is 1. The van der Waals surface area contributed by atoms with Crippen LogP contribution in [0.15, 0.2) is 22.8 Å². The molecular weight excluding hydrogens is 142 g/mol. The number of rotatable bonds is 3. The molecule has 0 atom stereocenters. The molecular formula is C8H13NO2. The van der Waals surface area contributed by atoms with E-state index in [4.69, 9.17) is 15.2 Å². The molecule has 3 nitrogen and oxygen atoms in total. The Morgan fingerprint density at radius 3 is 2.82 bits per heavy atom. The largest absolute Gasteiger partial charge is 0.469 e. The maximum atomic E-state index is 5.14. The van der Waals surface area contributed by atoms with Gasteiger partial charge in [-0.1, -0.05) is 0 Å². The van der Waals surface area contributed by atoms with Crippen molar-refractivity contribution in [3.05, 3.63) is 24.2 Å². The third-order valence-corrected chi connectivity index (χ3v) is 1.50. The molecule has 0 aliphatic carbocycles. The van der Waals surface area contributed by atoms with Gasteiger partial charge >= 0.3 is 0 Å². The van der Waals surface area contributed by atoms with E-state index < -0.39 is 0 Å². The van der Waals surface area contributed by atoms with E-state index >= 15 is 0 Å². The van der Waals surface area contributed by atoms with Crippen molar-refractivity contribution in [1.29, 1.82) is 0 Å². The SMILES string of the molecule is CC(C)(Cc1ccco1)ON. The Bertz CT molecular complexity index is 204. The first-order chi connectivity index (χ1) is 5.14. The van der Waals surface area contributed by atoms with E-state index in [1.165, 1.54) is 0 Å². The molecule has 0 unspecified atom stereocenters. The molecule has 0 bridgehead atoms. The van der Waals surface area contributed by atoms with Crippen LogP contribution in [0.1, 0.15) is 19.6 Å². The minimum Gasteiger partial charge on any atom is -0.469 e. The molecule has 1 rings (SSSR count). The predicted octanol–water partition coefficient (Wildman–Crippen LogP) is 1.49. The lowest BCUT2D eigenvalue weighted by atomic mass is 10.0. The van der Waals surface area contributed by atoms with Crippen molar-refractivity contribution >= 4 is 0 Å². The van der Waals surface area contributed by atoms with E-state index in [1.807, 2.05) is 26.0 Å². The lowest BCUT2D eigenvalue weighted by Crippen LogP contribution is -2.30. The summed E-state index contributed by atoms with van der Waals surface area (Å²) in [6.45, 7) is 3.82. The van der Waals surface area contributed by atoms with E-state index in [0.717, 1.165) is 5.76 Å². The van der Waals surface area contributed by atoms with Crippen molar-refractivity contribution in [3.63, 3.8) is 0 Å². The Morgan fingerprint density at radius 1 is 1.64 bits per heavy atom. The fourth-order valence-corrected chi connectivity index (χ4v) is 0.874. The summed E-state index contributed by atoms with van der Waals surface area (Å²) < 4.78 is 5.14. The highest BCUT2D eigenvalue weighted by Gasteiger charge is 2.19. The number of hydrogen-bond donors (Lipinski definition) is 1. The number of furan rings is 1. The van der Waals surface area contributed by atoms with E-state index in [1.54, 1.807) is 6.26 Å². The fourth-order valence-electron chi connectivity index (χ4n) is 0.874. The standard InChI is InChI=1S/C8H13NO2/c1-8(2,11-9)6-7-4-3-5-10-7/h3-5H,6,9H2,1-2H3. The summed E-state index contributed by atoms with van der Waals surface area (Å²) in [4.78, 5) is 4.75. The summed E-state index contributed by atoms with van der Waals surface area (Å²) in [6, 6.07) is 3.75. The maximum absolute atomic E-state index is 5.14. The van der Waals surface area contributed by atoms with Crippen LogP contribution in [0, 0.1) is 0 Å². The van der Waals surface area contributed by atoms with Crippen molar-refractivity contribution in [2.45, 2.75) is 25.9 Å². The molecule has 1 heterocycles. The molecule has 3 heteroatoms. The van der Waals surface area contributed by atoms with Crippen LogP contribution in [-0.4, -0.2) is 5.60 Å². The Labute approximate surface area is 66.1 Å². The maximum Gasteiger partial charge on any atom is 0.106 e. The Kier molecular flexibility index (Phi) is 2.31. The van der Waals surface area contributed by atoms with Gasteiger partial charge in [-0.15, -0.1) is 0 Å². The van der Waals surface area contributed by atoms with E-state index in [9.17, 15) is 0 Å². The molecule has 0 aliphatic rings. The minimum absolute atomic E-state index is 0.349. The van der Waals surface area contributed by atoms with Gasteiger partial charge in [-0.05, 0) is 26.0 Å². The van der Waals surface area contributed by atoms with E-state index in [-0.39, 0.29) is 5.60 Å². The second kappa shape index (κ2) is 3.07. The van der Waals surface area contributed by atoms with Gasteiger partial charge < -0.3 is 4.42 Å². The van der Waals surface area contributed by atoms with Gasteiger partial charge in [-0.3, -0.25) is 4.84 Å². The zero-order valence-corrected chi connectivity index (χ0v) is 6.83. The van der Waals surface area contributed by atoms with Crippen molar-refractivity contribution in [3.8, 4) is 0 Å². The molecule has 0 aromatic carbocycles. The van der Waals surface area contributed by atoms with Crippen molar-refractivity contribution in [1.82, 2.24) is 0 Å². The molecule has 11 heavy (non-hydrogen) atoms. The zero-order valence-electron chi connectivity index (χ0n) is 6.83. The van der Waals surface area contributed by atoms with Gasteiger partial charge in [0.2, 0.25) is 0 Å². The summed E-state index contributed by atoms with van der Waals surface area (Å²) in [5, 5.41) is 0. The highest BCUT2D eigenvalue weighted by atomic mass is 16.6. The second-order valence-electron chi connectivity index (χ2n) is 3.13. The Morgan fingerprint density at radius 2 is 2.36 bits per heavy atom. The number of hydrogen-bond acceptors (Lipinski definition) is 3. The van der Waals surface area contributed by atoms with Crippen LogP contribution in [0.4, 0.5) is 0 Å². The predicted molar refractivity (Wildman–Crippen MR) is 41.8 cm³/mol. The average molecular weight is 155 g/mol. The summed E-state index contributed by atoms with van der Waals surface area (Å²) in [7, 11) is 0. The van der Waals surface area contributed by atoms with Crippen molar-refractivity contribution in [2.75, 3.05) is 0 Å². The Hall–Kier alpha value is -0.800. The summed E-state index contributed by atoms with van der Waals surface area (Å²) in [5.74, 6) is 5.97. The average Bonchev–Trinajstić information content (AvgIpc) is 2.39. The second-order valence-corrected chi connectivity index (χ2v) is 3.13. The van der Waals surface area contributed by atoms with Gasteiger partial charge in [0.15, 0.2) is 0 Å². The topological polar surface area (TPSA) is 48.4 Å². The summed E-state index contributed by atoms with van der Waals surface area (Å²) >= 11 is 0. The first-order valence-electron chi connectivity index (χ1n) is 3.54. The quantitative estimate of drug-likeness (QED) is 0.673. The van der Waals surface area contributed by atoms with Gasteiger partial charge in [0.05, 0.1) is 11.9 Å². The smallest absolute Gasteiger partial charge is 0.106 e. The molecule has 0 saturated heterocycles. The highest BCUT2D eigenvalue weighted by Crippen LogP contribution is 2.14. The lowest BCUT2D eigenvalue weighted by molar-refractivity contribution is -0.0219. The molecule has 0 aliphatic heterocycles. The van der Waals surface area contributed by atoms with Gasteiger partial charge in [0.1, 0.15) is 5.76 Å². The molecule has 0 fully saturated rings. The lowest BCUT2D eigenvalue weighted by Gasteiger charge is -2.19. The molecule has 0 amide bonds. The normalized spacial score (nSPS) is 11.9. The molecule has 0 saturated carbocycles. The van der Waals surface area contributed by atoms with Crippen molar-refractivity contribution in [2.24, 2.45) is 5.90 Å². The first kappa shape index (κ1) is 8.30. The van der Waals surface area contributed by atoms with Crippen LogP contribution in [0.5, 0.6) is 0 Å². The van der Waals surface area contributed by atoms with Gasteiger partial charge in [0.25, 0.3) is 0 Å². The molecule has 0 spiro atoms. The van der Waals surface area contributed by atoms with Crippen LogP contribution in [0.2, 0.25) is 0 Å². The highest BCUT2D eigenvalue weighted by molar-refractivity contribution is 5.01. The van der Waals surface area contributed by atoms with Gasteiger partial charge in [-0.2, -0.15) is 0 Å². The van der Waals surface area contributed by atoms with Crippen molar-refractivity contribution < 1.29 is 9.25 Å². The van der Waals surface area contributed by atoms with E-state index in [2.05, 4.69) is 0 Å². The van der Waals surface area contributed by atoms with Gasteiger partial charge in [-0.25, -0.2) is 5.90 Å². The van der Waals surface area contributed by atoms with Crippen LogP contribution in [0.3, 0.4) is 0 Å². The molecule has 2 N–H and O–H groups in total. The summed E-state index contributed by atoms with van der Waals surface area (Å²) in [5.41, 5.74) is -0.349. The fraction of sp³-hybridized carbons (Fsp3) is 0.500. The van der Waals surface area contributed by atoms with Crippen LogP contribution in [-0.2, 0) is 11.3 Å². The molecule has 1 aromatic rings. The molecule has 1 aromatic heterocycles. The van der Waals surface area contributed by atoms with Crippen LogP contribution < -0.4 is 5.90 Å². The third kappa shape index (κ3) is 2.37. The minimum atomic E-state index is -0.349. The molecule has 0 radical (unpaired) electrons. The van der Waals surface area contributed by atoms with Crippen LogP contribution >= 0.6 is 0 Å². The molecule has 62 valence electrons. The first-order valence-corrected chi connectivity index (χ1v) is 3.54.